The zero-order valence-corrected chi connectivity index (χ0v) is 17.7. The summed E-state index contributed by atoms with van der Waals surface area (Å²) in [7, 11) is 0. The van der Waals surface area contributed by atoms with E-state index in [1.807, 2.05) is 6.07 Å². The number of carbonyl (C=O) groups is 1. The van der Waals surface area contributed by atoms with Crippen LogP contribution in [0.15, 0.2) is 48.5 Å². The van der Waals surface area contributed by atoms with E-state index in [1.54, 1.807) is 31.2 Å². The van der Waals surface area contributed by atoms with E-state index < -0.39 is 11.7 Å². The Balaban J connectivity index is 1.67. The highest BCUT2D eigenvalue weighted by Crippen LogP contribution is 2.34. The molecule has 0 fully saturated rings. The number of nitrogens with zero attached hydrogens (tertiary/aromatic N) is 3. The van der Waals surface area contributed by atoms with E-state index in [9.17, 15) is 18.0 Å². The van der Waals surface area contributed by atoms with Gasteiger partial charge in [-0.15, -0.1) is 0 Å². The first kappa shape index (κ1) is 22.6. The number of hydrogen-bond acceptors (Lipinski definition) is 5. The molecule has 0 unspecified atom stereocenters. The maximum atomic E-state index is 12.7. The van der Waals surface area contributed by atoms with E-state index in [0.717, 1.165) is 23.7 Å². The van der Waals surface area contributed by atoms with Crippen molar-refractivity contribution in [3.63, 3.8) is 0 Å². The predicted octanol–water partition coefficient (Wildman–Crippen LogP) is 6.02. The monoisotopic (exact) mass is 465 g/mol. The highest BCUT2D eigenvalue weighted by Gasteiger charge is 2.30. The molecule has 3 aromatic rings. The molecule has 31 heavy (non-hydrogen) atoms. The van der Waals surface area contributed by atoms with Gasteiger partial charge in [-0.2, -0.15) is 22.8 Å². The van der Waals surface area contributed by atoms with Gasteiger partial charge in [0.15, 0.2) is 0 Å². The van der Waals surface area contributed by atoms with Crippen LogP contribution in [-0.2, 0) is 17.4 Å². The van der Waals surface area contributed by atoms with Crippen molar-refractivity contribution in [3.05, 3.63) is 70.4 Å². The van der Waals surface area contributed by atoms with Crippen molar-refractivity contribution >= 4 is 34.0 Å². The molecule has 0 atom stereocenters. The molecule has 0 aliphatic rings. The number of nitriles is 1. The molecule has 0 spiro atoms. The molecule has 0 saturated carbocycles. The lowest BCUT2D eigenvalue weighted by Crippen LogP contribution is -2.32. The van der Waals surface area contributed by atoms with E-state index in [4.69, 9.17) is 21.6 Å². The number of aromatic nitrogens is 1. The normalized spacial score (nSPS) is 11.1. The molecule has 0 saturated heterocycles. The van der Waals surface area contributed by atoms with Crippen molar-refractivity contribution in [2.24, 2.45) is 0 Å². The number of benzene rings is 2. The van der Waals surface area contributed by atoms with Crippen LogP contribution in [0.3, 0.4) is 0 Å². The van der Waals surface area contributed by atoms with Gasteiger partial charge in [-0.3, -0.25) is 9.69 Å². The summed E-state index contributed by atoms with van der Waals surface area (Å²) < 4.78 is 47.6. The third kappa shape index (κ3) is 5.54. The number of amides is 1. The first-order valence-corrected chi connectivity index (χ1v) is 10.1. The lowest BCUT2D eigenvalue weighted by molar-refractivity contribution is -0.137. The van der Waals surface area contributed by atoms with E-state index in [0.29, 0.717) is 27.0 Å². The minimum Gasteiger partial charge on any atom is -0.457 e. The summed E-state index contributed by atoms with van der Waals surface area (Å²) in [6.07, 6.45) is -4.39. The van der Waals surface area contributed by atoms with Gasteiger partial charge in [0, 0.05) is 0 Å². The van der Waals surface area contributed by atoms with E-state index >= 15 is 0 Å². The quantitative estimate of drug-likeness (QED) is 0.418. The minimum absolute atomic E-state index is 0.0233. The summed E-state index contributed by atoms with van der Waals surface area (Å²) in [5.41, 5.74) is 0.499. The van der Waals surface area contributed by atoms with Gasteiger partial charge in [0.1, 0.15) is 23.0 Å². The van der Waals surface area contributed by atoms with Gasteiger partial charge in [-0.1, -0.05) is 23.7 Å². The van der Waals surface area contributed by atoms with Crippen molar-refractivity contribution in [2.75, 3.05) is 11.4 Å². The maximum Gasteiger partial charge on any atom is 0.416 e. The Bertz CT molecular complexity index is 1110. The summed E-state index contributed by atoms with van der Waals surface area (Å²) >= 11 is 7.24. The summed E-state index contributed by atoms with van der Waals surface area (Å²) in [5, 5.41) is 9.83. The fourth-order valence-corrected chi connectivity index (χ4v) is 3.76. The molecular weight excluding hydrogens is 451 g/mol. The number of anilines is 1. The molecule has 0 N–H and O–H groups in total. The van der Waals surface area contributed by atoms with Crippen LogP contribution in [0.25, 0.3) is 0 Å². The van der Waals surface area contributed by atoms with Gasteiger partial charge in [-0.05, 0) is 60.4 Å². The fourth-order valence-electron chi connectivity index (χ4n) is 2.65. The van der Waals surface area contributed by atoms with Gasteiger partial charge in [0.05, 0.1) is 28.8 Å². The Kier molecular flexibility index (Phi) is 6.83. The Morgan fingerprint density at radius 2 is 1.74 bits per heavy atom. The summed E-state index contributed by atoms with van der Waals surface area (Å²) in [4.78, 5) is 14.0. The maximum absolute atomic E-state index is 12.7. The Morgan fingerprint density at radius 3 is 2.23 bits per heavy atom. The molecule has 0 aliphatic carbocycles. The average Bonchev–Trinajstić information content (AvgIpc) is 3.05. The van der Waals surface area contributed by atoms with Crippen molar-refractivity contribution in [1.29, 1.82) is 5.26 Å². The lowest BCUT2D eigenvalue weighted by Gasteiger charge is -2.18. The Hall–Kier alpha value is -3.09. The fraction of sp³-hybridized carbons (Fsp3) is 0.190. The van der Waals surface area contributed by atoms with Gasteiger partial charge in [0.2, 0.25) is 5.91 Å². The molecule has 0 radical (unpaired) electrons. The van der Waals surface area contributed by atoms with Crippen molar-refractivity contribution in [1.82, 2.24) is 4.37 Å². The van der Waals surface area contributed by atoms with Crippen molar-refractivity contribution in [2.45, 2.75) is 19.5 Å². The SMILES string of the molecule is Cc1nsc(N(CC#N)C(=O)Cc2ccc(Oc3ccc(C(F)(F)F)cc3)cc2)c1Cl. The number of halogens is 4. The highest BCUT2D eigenvalue weighted by atomic mass is 35.5. The molecule has 0 aliphatic heterocycles. The molecule has 5 nitrogen and oxygen atoms in total. The second-order valence-corrected chi connectivity index (χ2v) is 7.60. The first-order valence-electron chi connectivity index (χ1n) is 8.92. The number of hydrogen-bond donors (Lipinski definition) is 0. The number of alkyl halides is 3. The number of aryl methyl sites for hydroxylation is 1. The third-order valence-electron chi connectivity index (χ3n) is 4.25. The number of ether oxygens (including phenoxy) is 1. The lowest BCUT2D eigenvalue weighted by atomic mass is 10.1. The Labute approximate surface area is 185 Å². The zero-order valence-electron chi connectivity index (χ0n) is 16.1. The van der Waals surface area contributed by atoms with Gasteiger partial charge >= 0.3 is 6.18 Å². The zero-order chi connectivity index (χ0) is 22.6. The summed E-state index contributed by atoms with van der Waals surface area (Å²) in [6.45, 7) is 1.56. The van der Waals surface area contributed by atoms with Crippen LogP contribution in [0.5, 0.6) is 11.5 Å². The van der Waals surface area contributed by atoms with Gasteiger partial charge in [-0.25, -0.2) is 0 Å². The molecule has 3 rings (SSSR count). The van der Waals surface area contributed by atoms with Crippen LogP contribution >= 0.6 is 23.1 Å². The molecule has 0 bridgehead atoms. The van der Waals surface area contributed by atoms with Crippen LogP contribution in [-0.4, -0.2) is 16.8 Å². The van der Waals surface area contributed by atoms with Crippen LogP contribution in [0, 0.1) is 18.3 Å². The Morgan fingerprint density at radius 1 is 1.16 bits per heavy atom. The molecule has 10 heteroatoms. The standard InChI is InChI=1S/C21H15ClF3N3O2S/c1-13-19(22)20(31-27-13)28(11-10-26)18(29)12-14-2-6-16(7-3-14)30-17-8-4-15(5-9-17)21(23,24)25/h2-9H,11-12H2,1H3. The average molecular weight is 466 g/mol. The van der Waals surface area contributed by atoms with Gasteiger partial charge < -0.3 is 4.74 Å². The number of carbonyl (C=O) groups excluding carboxylic acids is 1. The van der Waals surface area contributed by atoms with Crippen LogP contribution in [0.4, 0.5) is 18.2 Å². The molecular formula is C21H15ClF3N3O2S. The van der Waals surface area contributed by atoms with E-state index in [2.05, 4.69) is 4.37 Å². The highest BCUT2D eigenvalue weighted by molar-refractivity contribution is 7.11. The van der Waals surface area contributed by atoms with Gasteiger partial charge in [0.25, 0.3) is 0 Å². The topological polar surface area (TPSA) is 66.2 Å². The number of rotatable bonds is 6. The molecule has 1 amide bonds. The predicted molar refractivity (Wildman–Crippen MR) is 111 cm³/mol. The molecule has 1 aromatic heterocycles. The molecule has 2 aromatic carbocycles. The molecule has 160 valence electrons. The third-order valence-corrected chi connectivity index (χ3v) is 5.77. The molecule has 1 heterocycles. The second-order valence-electron chi connectivity index (χ2n) is 6.47. The first-order chi connectivity index (χ1) is 14.7. The van der Waals surface area contributed by atoms with E-state index in [-0.39, 0.29) is 24.6 Å². The van der Waals surface area contributed by atoms with Crippen molar-refractivity contribution in [3.8, 4) is 17.6 Å². The van der Waals surface area contributed by atoms with Crippen LogP contribution in [0.1, 0.15) is 16.8 Å². The second kappa shape index (κ2) is 9.37. The van der Waals surface area contributed by atoms with Crippen LogP contribution in [0.2, 0.25) is 5.02 Å². The summed E-state index contributed by atoms with van der Waals surface area (Å²) in [5.74, 6) is 0.349. The smallest absolute Gasteiger partial charge is 0.416 e. The minimum atomic E-state index is -4.41. The van der Waals surface area contributed by atoms with Crippen molar-refractivity contribution < 1.29 is 22.7 Å². The van der Waals surface area contributed by atoms with Crippen LogP contribution < -0.4 is 9.64 Å². The summed E-state index contributed by atoms with van der Waals surface area (Å²) in [6, 6.07) is 12.9. The largest absolute Gasteiger partial charge is 0.457 e. The van der Waals surface area contributed by atoms with E-state index in [1.165, 1.54) is 17.0 Å².